The van der Waals surface area contributed by atoms with E-state index in [0.717, 1.165) is 22.5 Å². The molecule has 10 heteroatoms. The van der Waals surface area contributed by atoms with Crippen molar-refractivity contribution >= 4 is 27.3 Å². The van der Waals surface area contributed by atoms with Gasteiger partial charge in [0.15, 0.2) is 0 Å². The first kappa shape index (κ1) is 17.8. The minimum absolute atomic E-state index is 0.0392. The van der Waals surface area contributed by atoms with Crippen molar-refractivity contribution < 1.29 is 23.2 Å². The summed E-state index contributed by atoms with van der Waals surface area (Å²) in [5, 5.41) is 20.2. The molecule has 118 valence electrons. The molecule has 1 aromatic carbocycles. The number of aliphatic hydroxyl groups excluding tert-OH is 1. The van der Waals surface area contributed by atoms with E-state index in [1.807, 2.05) is 0 Å². The molecule has 1 aromatic rings. The molecule has 0 aliphatic carbocycles. The molecule has 1 rings (SSSR count). The number of aliphatic hydroxyl groups is 1. The number of ether oxygens (including phenoxy) is 1. The quantitative estimate of drug-likeness (QED) is 0.583. The van der Waals surface area contributed by atoms with Crippen LogP contribution in [-0.4, -0.2) is 56.2 Å². The van der Waals surface area contributed by atoms with Crippen LogP contribution in [0.15, 0.2) is 23.1 Å². The van der Waals surface area contributed by atoms with Gasteiger partial charge in [0.2, 0.25) is 10.0 Å². The second-order valence-corrected chi connectivity index (χ2v) is 6.69. The summed E-state index contributed by atoms with van der Waals surface area (Å²) in [5.41, 5.74) is -0.385. The average Bonchev–Trinajstić information content (AvgIpc) is 2.38. The Bertz CT molecular complexity index is 621. The van der Waals surface area contributed by atoms with Crippen molar-refractivity contribution in [3.8, 4) is 0 Å². The van der Waals surface area contributed by atoms with Gasteiger partial charge in [-0.05, 0) is 6.07 Å². The summed E-state index contributed by atoms with van der Waals surface area (Å²) in [6.07, 6.45) is -1.02. The third-order valence-electron chi connectivity index (χ3n) is 2.64. The molecule has 8 nitrogen and oxygen atoms in total. The fraction of sp³-hybridized carbons (Fsp3) is 0.455. The highest BCUT2D eigenvalue weighted by Crippen LogP contribution is 2.28. The minimum atomic E-state index is -4.06. The first-order valence-electron chi connectivity index (χ1n) is 5.77. The van der Waals surface area contributed by atoms with Crippen molar-refractivity contribution in [1.29, 1.82) is 0 Å². The molecule has 0 saturated heterocycles. The van der Waals surface area contributed by atoms with Crippen LogP contribution in [0.2, 0.25) is 5.02 Å². The summed E-state index contributed by atoms with van der Waals surface area (Å²) in [4.78, 5) is 9.62. The van der Waals surface area contributed by atoms with E-state index >= 15 is 0 Å². The first-order valence-corrected chi connectivity index (χ1v) is 7.59. The van der Waals surface area contributed by atoms with Crippen molar-refractivity contribution in [3.05, 3.63) is 33.3 Å². The predicted octanol–water partition coefficient (Wildman–Crippen LogP) is 0.876. The van der Waals surface area contributed by atoms with Gasteiger partial charge in [0, 0.05) is 32.8 Å². The van der Waals surface area contributed by atoms with Crippen molar-refractivity contribution in [2.75, 3.05) is 27.3 Å². The topological polar surface area (TPSA) is 110 Å². The largest absolute Gasteiger partial charge is 0.389 e. The van der Waals surface area contributed by atoms with E-state index in [0.29, 0.717) is 0 Å². The molecule has 0 amide bonds. The fourth-order valence-corrected chi connectivity index (χ4v) is 3.31. The van der Waals surface area contributed by atoms with Crippen LogP contribution in [-0.2, 0) is 14.8 Å². The number of rotatable bonds is 7. The Labute approximate surface area is 127 Å². The summed E-state index contributed by atoms with van der Waals surface area (Å²) >= 11 is 5.81. The van der Waals surface area contributed by atoms with E-state index in [1.165, 1.54) is 14.2 Å². The number of sulfonamides is 1. The molecular formula is C11H15ClN2O6S. The lowest BCUT2D eigenvalue weighted by atomic mass is 10.3. The van der Waals surface area contributed by atoms with E-state index in [9.17, 15) is 23.6 Å². The van der Waals surface area contributed by atoms with Gasteiger partial charge in [-0.25, -0.2) is 8.42 Å². The van der Waals surface area contributed by atoms with Gasteiger partial charge < -0.3 is 9.84 Å². The Morgan fingerprint density at radius 3 is 2.67 bits per heavy atom. The maximum atomic E-state index is 12.3. The van der Waals surface area contributed by atoms with Gasteiger partial charge in [0.05, 0.1) is 22.7 Å². The van der Waals surface area contributed by atoms with Crippen LogP contribution >= 0.6 is 11.6 Å². The van der Waals surface area contributed by atoms with E-state index < -0.39 is 21.1 Å². The molecule has 21 heavy (non-hydrogen) atoms. The first-order chi connectivity index (χ1) is 9.70. The third kappa shape index (κ3) is 4.35. The number of non-ortho nitro benzene ring substituents is 1. The van der Waals surface area contributed by atoms with Gasteiger partial charge in [-0.1, -0.05) is 11.6 Å². The highest BCUT2D eigenvalue weighted by molar-refractivity contribution is 7.89. The molecule has 0 aromatic heterocycles. The lowest BCUT2D eigenvalue weighted by Gasteiger charge is -2.20. The monoisotopic (exact) mass is 338 g/mol. The standard InChI is InChI=1S/C11H15ClN2O6S/c1-13(6-9(15)7-20-2)21(18,19)11-5-8(14(16)17)3-4-10(11)12/h3-5,9,15H,6-7H2,1-2H3. The highest BCUT2D eigenvalue weighted by Gasteiger charge is 2.27. The zero-order chi connectivity index (χ0) is 16.2. The zero-order valence-corrected chi connectivity index (χ0v) is 13.0. The van der Waals surface area contributed by atoms with Crippen molar-refractivity contribution in [3.63, 3.8) is 0 Å². The van der Waals surface area contributed by atoms with E-state index in [1.54, 1.807) is 0 Å². The minimum Gasteiger partial charge on any atom is -0.389 e. The maximum absolute atomic E-state index is 12.3. The molecule has 0 saturated carbocycles. The van der Waals surface area contributed by atoms with Crippen LogP contribution in [0.5, 0.6) is 0 Å². The normalized spacial score (nSPS) is 13.4. The predicted molar refractivity (Wildman–Crippen MR) is 75.8 cm³/mol. The molecule has 0 heterocycles. The number of likely N-dealkylation sites (N-methyl/N-ethyl adjacent to an activating group) is 1. The molecule has 0 radical (unpaired) electrons. The van der Waals surface area contributed by atoms with Crippen LogP contribution < -0.4 is 0 Å². The maximum Gasteiger partial charge on any atom is 0.270 e. The Hall–Kier alpha value is -1.26. The number of nitro groups is 1. The van der Waals surface area contributed by atoms with Gasteiger partial charge in [-0.2, -0.15) is 4.31 Å². The van der Waals surface area contributed by atoms with Gasteiger partial charge in [0.1, 0.15) is 4.90 Å². The number of nitrogens with zero attached hydrogens (tertiary/aromatic N) is 2. The number of hydrogen-bond donors (Lipinski definition) is 1. The molecule has 0 bridgehead atoms. The number of halogens is 1. The Morgan fingerprint density at radius 1 is 1.52 bits per heavy atom. The van der Waals surface area contributed by atoms with Crippen LogP contribution in [0.25, 0.3) is 0 Å². The van der Waals surface area contributed by atoms with Gasteiger partial charge in [-0.3, -0.25) is 10.1 Å². The molecule has 0 aliphatic rings. The molecule has 0 aliphatic heterocycles. The Balaban J connectivity index is 3.12. The summed E-state index contributed by atoms with van der Waals surface area (Å²) < 4.78 is 30.2. The number of methoxy groups -OCH3 is 1. The summed E-state index contributed by atoms with van der Waals surface area (Å²) in [7, 11) is -1.45. The SMILES string of the molecule is COCC(O)CN(C)S(=O)(=O)c1cc([N+](=O)[O-])ccc1Cl. The summed E-state index contributed by atoms with van der Waals surface area (Å²) in [6, 6.07) is 3.14. The van der Waals surface area contributed by atoms with Gasteiger partial charge in [0.25, 0.3) is 5.69 Å². The lowest BCUT2D eigenvalue weighted by molar-refractivity contribution is -0.385. The van der Waals surface area contributed by atoms with Gasteiger partial charge >= 0.3 is 0 Å². The van der Waals surface area contributed by atoms with E-state index in [-0.39, 0.29) is 28.8 Å². The third-order valence-corrected chi connectivity index (χ3v) is 4.95. The average molecular weight is 339 g/mol. The van der Waals surface area contributed by atoms with Crippen LogP contribution in [0.3, 0.4) is 0 Å². The van der Waals surface area contributed by atoms with E-state index in [4.69, 9.17) is 16.3 Å². The van der Waals surface area contributed by atoms with Crippen LogP contribution in [0.4, 0.5) is 5.69 Å². The molecular weight excluding hydrogens is 324 g/mol. The fourth-order valence-electron chi connectivity index (χ4n) is 1.61. The van der Waals surface area contributed by atoms with E-state index in [2.05, 4.69) is 0 Å². The molecule has 0 spiro atoms. The molecule has 1 atom stereocenters. The molecule has 1 N–H and O–H groups in total. The molecule has 0 fully saturated rings. The summed E-state index contributed by atoms with van der Waals surface area (Å²) in [6.45, 7) is -0.266. The van der Waals surface area contributed by atoms with Crippen molar-refractivity contribution in [2.45, 2.75) is 11.0 Å². The second-order valence-electron chi connectivity index (χ2n) is 4.27. The summed E-state index contributed by atoms with van der Waals surface area (Å²) in [5.74, 6) is 0. The number of nitro benzene ring substituents is 1. The van der Waals surface area contributed by atoms with Crippen LogP contribution in [0, 0.1) is 10.1 Å². The second kappa shape index (κ2) is 7.14. The highest BCUT2D eigenvalue weighted by atomic mass is 35.5. The van der Waals surface area contributed by atoms with Crippen LogP contribution in [0.1, 0.15) is 0 Å². The lowest BCUT2D eigenvalue weighted by Crippen LogP contribution is -2.36. The Kier molecular flexibility index (Phi) is 6.05. The number of benzene rings is 1. The number of hydrogen-bond acceptors (Lipinski definition) is 6. The zero-order valence-electron chi connectivity index (χ0n) is 11.4. The molecule has 1 unspecified atom stereocenters. The Morgan fingerprint density at radius 2 is 2.14 bits per heavy atom. The van der Waals surface area contributed by atoms with Crippen molar-refractivity contribution in [2.24, 2.45) is 0 Å². The van der Waals surface area contributed by atoms with Gasteiger partial charge in [-0.15, -0.1) is 0 Å². The smallest absolute Gasteiger partial charge is 0.270 e. The van der Waals surface area contributed by atoms with Crippen molar-refractivity contribution in [1.82, 2.24) is 4.31 Å².